The summed E-state index contributed by atoms with van der Waals surface area (Å²) >= 11 is 7.76. The summed E-state index contributed by atoms with van der Waals surface area (Å²) in [5, 5.41) is 0. The third-order valence-corrected chi connectivity index (χ3v) is 6.97. The fourth-order valence-electron chi connectivity index (χ4n) is 4.13. The Morgan fingerprint density at radius 1 is 0.312 bits per heavy atom. The molecule has 0 aliphatic heterocycles. The molecule has 0 atom stereocenters. The minimum atomic E-state index is 1.07. The second-order valence-corrected chi connectivity index (χ2v) is 9.34. The molecule has 0 saturated carbocycles. The smallest absolute Gasteiger partial charge is 0.0260 e. The Kier molecular flexibility index (Phi) is 6.07. The molecule has 0 heterocycles. The van der Waals surface area contributed by atoms with Crippen LogP contribution in [0.5, 0.6) is 0 Å². The monoisotopic (exact) mass is 538 g/mol. The van der Waals surface area contributed by atoms with Gasteiger partial charge < -0.3 is 0 Å². The van der Waals surface area contributed by atoms with Crippen molar-refractivity contribution in [3.63, 3.8) is 0 Å². The van der Waals surface area contributed by atoms with Crippen molar-refractivity contribution in [3.05, 3.63) is 130 Å². The second kappa shape index (κ2) is 9.28. The quantitative estimate of drug-likeness (QED) is 0.213. The molecule has 154 valence electrons. The lowest BCUT2D eigenvalue weighted by Gasteiger charge is -2.16. The fourth-order valence-corrected chi connectivity index (χ4v) is 5.25. The van der Waals surface area contributed by atoms with Crippen molar-refractivity contribution < 1.29 is 0 Å². The molecule has 0 radical (unpaired) electrons. The summed E-state index contributed by atoms with van der Waals surface area (Å²) in [5.74, 6) is 0. The van der Waals surface area contributed by atoms with E-state index in [9.17, 15) is 0 Å². The van der Waals surface area contributed by atoms with Crippen molar-refractivity contribution in [2.24, 2.45) is 0 Å². The first-order valence-corrected chi connectivity index (χ1v) is 12.1. The number of hydrogen-bond acceptors (Lipinski definition) is 0. The third kappa shape index (κ3) is 4.09. The number of rotatable bonds is 4. The molecule has 0 aliphatic carbocycles. The van der Waals surface area contributed by atoms with Crippen molar-refractivity contribution in [1.82, 2.24) is 0 Å². The molecule has 32 heavy (non-hydrogen) atoms. The van der Waals surface area contributed by atoms with Gasteiger partial charge in [0.25, 0.3) is 0 Å². The highest BCUT2D eigenvalue weighted by atomic mass is 79.9. The minimum Gasteiger partial charge on any atom is -0.0622 e. The number of halogens is 2. The minimum absolute atomic E-state index is 1.07. The predicted octanol–water partition coefficient (Wildman–Crippen LogP) is 9.88. The molecule has 5 rings (SSSR count). The van der Waals surface area contributed by atoms with E-state index in [1.54, 1.807) is 0 Å². The van der Waals surface area contributed by atoms with Crippen LogP contribution in [0, 0.1) is 0 Å². The van der Waals surface area contributed by atoms with Crippen molar-refractivity contribution in [2.45, 2.75) is 0 Å². The van der Waals surface area contributed by atoms with Crippen LogP contribution in [0.25, 0.3) is 44.5 Å². The summed E-state index contributed by atoms with van der Waals surface area (Å²) in [5.41, 5.74) is 9.60. The first kappa shape index (κ1) is 20.9. The molecule has 5 aromatic rings. The van der Waals surface area contributed by atoms with Crippen LogP contribution in [0.4, 0.5) is 0 Å². The van der Waals surface area contributed by atoms with Gasteiger partial charge in [-0.1, -0.05) is 141 Å². The molecule has 0 nitrogen and oxygen atoms in total. The molecule has 2 heteroatoms. The van der Waals surface area contributed by atoms with Crippen LogP contribution in [-0.4, -0.2) is 0 Å². The highest BCUT2D eigenvalue weighted by Gasteiger charge is 2.16. The Morgan fingerprint density at radius 2 is 0.625 bits per heavy atom. The summed E-state index contributed by atoms with van der Waals surface area (Å²) in [6, 6.07) is 42.7. The number of benzene rings is 5. The largest absolute Gasteiger partial charge is 0.0622 e. The van der Waals surface area contributed by atoms with E-state index >= 15 is 0 Å². The zero-order valence-corrected chi connectivity index (χ0v) is 20.5. The lowest BCUT2D eigenvalue weighted by molar-refractivity contribution is 1.52. The molecule has 5 aromatic carbocycles. The van der Waals surface area contributed by atoms with Gasteiger partial charge >= 0.3 is 0 Å². The van der Waals surface area contributed by atoms with Crippen LogP contribution < -0.4 is 0 Å². The molecular formula is C30H20Br2. The molecule has 0 bridgehead atoms. The van der Waals surface area contributed by atoms with Gasteiger partial charge in [-0.05, 0) is 56.6 Å². The van der Waals surface area contributed by atoms with Crippen molar-refractivity contribution in [1.29, 1.82) is 0 Å². The van der Waals surface area contributed by atoms with Crippen LogP contribution in [-0.2, 0) is 0 Å². The van der Waals surface area contributed by atoms with Crippen LogP contribution in [0.1, 0.15) is 0 Å². The standard InChI is InChI=1S/C30H20Br2/c31-29-20-28(26-18-10-8-16-24(26)22-13-5-2-6-14-22)30(32)19-27(29)25-17-9-7-15-23(25)21-11-3-1-4-12-21/h1-20H. The Bertz CT molecular complexity index is 1260. The summed E-state index contributed by atoms with van der Waals surface area (Å²) in [4.78, 5) is 0. The van der Waals surface area contributed by atoms with Gasteiger partial charge in [-0.15, -0.1) is 0 Å². The highest BCUT2D eigenvalue weighted by Crippen LogP contribution is 2.43. The van der Waals surface area contributed by atoms with E-state index < -0.39 is 0 Å². The third-order valence-electron chi connectivity index (χ3n) is 5.66. The van der Waals surface area contributed by atoms with Crippen molar-refractivity contribution in [2.75, 3.05) is 0 Å². The maximum absolute atomic E-state index is 3.88. The average Bonchev–Trinajstić information content (AvgIpc) is 2.86. The Labute approximate surface area is 205 Å². The lowest BCUT2D eigenvalue weighted by atomic mass is 9.91. The molecule has 0 spiro atoms. The highest BCUT2D eigenvalue weighted by molar-refractivity contribution is 9.11. The number of hydrogen-bond donors (Lipinski definition) is 0. The van der Waals surface area contributed by atoms with Crippen molar-refractivity contribution >= 4 is 31.9 Å². The molecular weight excluding hydrogens is 520 g/mol. The molecule has 0 unspecified atom stereocenters. The topological polar surface area (TPSA) is 0 Å². The Balaban J connectivity index is 1.65. The summed E-state index contributed by atoms with van der Waals surface area (Å²) in [6.45, 7) is 0. The normalized spacial score (nSPS) is 10.8. The van der Waals surface area contributed by atoms with Crippen molar-refractivity contribution in [3.8, 4) is 44.5 Å². The van der Waals surface area contributed by atoms with E-state index in [4.69, 9.17) is 0 Å². The molecule has 0 amide bonds. The SMILES string of the molecule is Brc1cc(-c2ccccc2-c2ccccc2)c(Br)cc1-c1ccccc1-c1ccccc1. The first-order valence-electron chi connectivity index (χ1n) is 10.5. The summed E-state index contributed by atoms with van der Waals surface area (Å²) < 4.78 is 2.14. The summed E-state index contributed by atoms with van der Waals surface area (Å²) in [7, 11) is 0. The van der Waals surface area contributed by atoms with Gasteiger partial charge in [-0.3, -0.25) is 0 Å². The van der Waals surface area contributed by atoms with Gasteiger partial charge in [0.05, 0.1) is 0 Å². The van der Waals surface area contributed by atoms with Crippen LogP contribution in [0.3, 0.4) is 0 Å². The molecule has 0 aliphatic rings. The van der Waals surface area contributed by atoms with Crippen LogP contribution in [0.2, 0.25) is 0 Å². The van der Waals surface area contributed by atoms with Gasteiger partial charge in [0, 0.05) is 8.95 Å². The van der Waals surface area contributed by atoms with Crippen LogP contribution in [0.15, 0.2) is 130 Å². The molecule has 0 aromatic heterocycles. The van der Waals surface area contributed by atoms with E-state index in [-0.39, 0.29) is 0 Å². The van der Waals surface area contributed by atoms with Crippen LogP contribution >= 0.6 is 31.9 Å². The van der Waals surface area contributed by atoms with Gasteiger partial charge in [0.1, 0.15) is 0 Å². The van der Waals surface area contributed by atoms with E-state index in [0.29, 0.717) is 0 Å². The Morgan fingerprint density at radius 3 is 1.00 bits per heavy atom. The Hall–Kier alpha value is -2.94. The molecule has 0 N–H and O–H groups in total. The average molecular weight is 540 g/mol. The van der Waals surface area contributed by atoms with E-state index in [1.165, 1.54) is 33.4 Å². The lowest BCUT2D eigenvalue weighted by Crippen LogP contribution is -1.90. The maximum Gasteiger partial charge on any atom is 0.0260 e. The van der Waals surface area contributed by atoms with Gasteiger partial charge in [0.15, 0.2) is 0 Å². The van der Waals surface area contributed by atoms with E-state index in [1.807, 2.05) is 0 Å². The van der Waals surface area contributed by atoms with E-state index in [2.05, 4.69) is 153 Å². The van der Waals surface area contributed by atoms with Gasteiger partial charge in [0.2, 0.25) is 0 Å². The first-order chi connectivity index (χ1) is 15.7. The van der Waals surface area contributed by atoms with E-state index in [0.717, 1.165) is 20.1 Å². The fraction of sp³-hybridized carbons (Fsp3) is 0. The molecule has 0 saturated heterocycles. The molecule has 0 fully saturated rings. The predicted molar refractivity (Wildman–Crippen MR) is 144 cm³/mol. The zero-order valence-electron chi connectivity index (χ0n) is 17.3. The maximum atomic E-state index is 3.88. The van der Waals surface area contributed by atoms with Gasteiger partial charge in [-0.2, -0.15) is 0 Å². The second-order valence-electron chi connectivity index (χ2n) is 7.64. The van der Waals surface area contributed by atoms with Gasteiger partial charge in [-0.25, -0.2) is 0 Å². The zero-order chi connectivity index (χ0) is 21.9. The summed E-state index contributed by atoms with van der Waals surface area (Å²) in [6.07, 6.45) is 0.